The number of carbonyl (C=O) groups is 1. The van der Waals surface area contributed by atoms with Gasteiger partial charge in [-0.05, 0) is 33.9 Å². The van der Waals surface area contributed by atoms with Crippen LogP contribution in [-0.4, -0.2) is 71.4 Å². The predicted molar refractivity (Wildman–Crippen MR) is 83.5 cm³/mol. The number of carbonyl (C=O) groups excluding carboxylic acids is 1. The maximum Gasteiger partial charge on any atom is 0.248 e. The van der Waals surface area contributed by atoms with Gasteiger partial charge in [-0.2, -0.15) is 0 Å². The van der Waals surface area contributed by atoms with E-state index < -0.39 is 0 Å². The molecule has 0 radical (unpaired) electrons. The SMILES string of the molecule is CCn1c(CN(C)C)nnc1C1CCN(C(=O)COC)CC1. The molecule has 1 fully saturated rings. The van der Waals surface area contributed by atoms with E-state index in [9.17, 15) is 4.79 Å². The Morgan fingerprint density at radius 1 is 1.32 bits per heavy atom. The summed E-state index contributed by atoms with van der Waals surface area (Å²) in [5, 5.41) is 8.78. The van der Waals surface area contributed by atoms with Crippen molar-refractivity contribution in [1.29, 1.82) is 0 Å². The van der Waals surface area contributed by atoms with E-state index in [1.165, 1.54) is 0 Å². The monoisotopic (exact) mass is 309 g/mol. The Kier molecular flexibility index (Phi) is 5.90. The predicted octanol–water partition coefficient (Wildman–Crippen LogP) is 0.712. The van der Waals surface area contributed by atoms with Crippen LogP contribution in [0.3, 0.4) is 0 Å². The van der Waals surface area contributed by atoms with E-state index in [0.29, 0.717) is 5.92 Å². The Hall–Kier alpha value is -1.47. The first-order valence-corrected chi connectivity index (χ1v) is 7.90. The van der Waals surface area contributed by atoms with Crippen LogP contribution in [-0.2, 0) is 22.6 Å². The largest absolute Gasteiger partial charge is 0.375 e. The van der Waals surface area contributed by atoms with Gasteiger partial charge in [0, 0.05) is 32.7 Å². The summed E-state index contributed by atoms with van der Waals surface area (Å²) >= 11 is 0. The number of amides is 1. The topological polar surface area (TPSA) is 63.5 Å². The minimum absolute atomic E-state index is 0.0752. The van der Waals surface area contributed by atoms with Crippen LogP contribution in [0.15, 0.2) is 0 Å². The number of likely N-dealkylation sites (tertiary alicyclic amines) is 1. The normalized spacial score (nSPS) is 16.5. The lowest BCUT2D eigenvalue weighted by molar-refractivity contribution is -0.136. The van der Waals surface area contributed by atoms with Crippen molar-refractivity contribution in [3.8, 4) is 0 Å². The Bertz CT molecular complexity index is 492. The van der Waals surface area contributed by atoms with Crippen LogP contribution in [0, 0.1) is 0 Å². The van der Waals surface area contributed by atoms with Crippen LogP contribution in [0.2, 0.25) is 0 Å². The van der Waals surface area contributed by atoms with Crippen molar-refractivity contribution < 1.29 is 9.53 Å². The summed E-state index contributed by atoms with van der Waals surface area (Å²) in [6.45, 7) is 5.52. The summed E-state index contributed by atoms with van der Waals surface area (Å²) < 4.78 is 7.14. The van der Waals surface area contributed by atoms with Crippen LogP contribution < -0.4 is 0 Å². The summed E-state index contributed by atoms with van der Waals surface area (Å²) in [6.07, 6.45) is 1.88. The van der Waals surface area contributed by atoms with Crippen LogP contribution in [0.4, 0.5) is 0 Å². The first kappa shape index (κ1) is 16.9. The van der Waals surface area contributed by atoms with Crippen molar-refractivity contribution in [2.75, 3.05) is 40.9 Å². The average Bonchev–Trinajstić information content (AvgIpc) is 2.89. The molecule has 7 heteroatoms. The fourth-order valence-electron chi connectivity index (χ4n) is 3.00. The van der Waals surface area contributed by atoms with E-state index in [-0.39, 0.29) is 12.5 Å². The molecule has 0 spiro atoms. The fraction of sp³-hybridized carbons (Fsp3) is 0.800. The quantitative estimate of drug-likeness (QED) is 0.774. The molecule has 1 aliphatic heterocycles. The summed E-state index contributed by atoms with van der Waals surface area (Å²) in [5.41, 5.74) is 0. The molecule has 1 aromatic rings. The molecular formula is C15H27N5O2. The molecule has 0 saturated carbocycles. The van der Waals surface area contributed by atoms with Crippen molar-refractivity contribution in [2.45, 2.75) is 38.8 Å². The van der Waals surface area contributed by atoms with Gasteiger partial charge >= 0.3 is 0 Å². The number of nitrogens with zero attached hydrogens (tertiary/aromatic N) is 5. The summed E-state index contributed by atoms with van der Waals surface area (Å²) in [5.74, 6) is 2.54. The molecule has 0 unspecified atom stereocenters. The van der Waals surface area contributed by atoms with Crippen LogP contribution >= 0.6 is 0 Å². The van der Waals surface area contributed by atoms with E-state index in [2.05, 4.69) is 26.6 Å². The van der Waals surface area contributed by atoms with Crippen LogP contribution in [0.25, 0.3) is 0 Å². The number of ether oxygens (including phenoxy) is 1. The lowest BCUT2D eigenvalue weighted by Gasteiger charge is -2.31. The molecule has 2 heterocycles. The van der Waals surface area contributed by atoms with Gasteiger partial charge in [0.15, 0.2) is 0 Å². The van der Waals surface area contributed by atoms with Gasteiger partial charge in [0.25, 0.3) is 0 Å². The molecule has 1 aromatic heterocycles. The molecule has 1 saturated heterocycles. The van der Waals surface area contributed by atoms with Crippen LogP contribution in [0.1, 0.15) is 37.3 Å². The molecule has 7 nitrogen and oxygen atoms in total. The molecule has 0 N–H and O–H groups in total. The third-order valence-corrected chi connectivity index (χ3v) is 4.11. The highest BCUT2D eigenvalue weighted by atomic mass is 16.5. The number of hydrogen-bond acceptors (Lipinski definition) is 5. The number of piperidine rings is 1. The van der Waals surface area contributed by atoms with Gasteiger partial charge in [-0.1, -0.05) is 0 Å². The van der Waals surface area contributed by atoms with E-state index >= 15 is 0 Å². The maximum atomic E-state index is 11.9. The van der Waals surface area contributed by atoms with Gasteiger partial charge in [-0.3, -0.25) is 4.79 Å². The zero-order valence-corrected chi connectivity index (χ0v) is 14.1. The van der Waals surface area contributed by atoms with Crippen molar-refractivity contribution in [3.63, 3.8) is 0 Å². The van der Waals surface area contributed by atoms with Crippen molar-refractivity contribution in [1.82, 2.24) is 24.6 Å². The van der Waals surface area contributed by atoms with Crippen molar-refractivity contribution in [3.05, 3.63) is 11.6 Å². The number of aromatic nitrogens is 3. The smallest absolute Gasteiger partial charge is 0.248 e. The lowest BCUT2D eigenvalue weighted by Crippen LogP contribution is -2.40. The summed E-state index contributed by atoms with van der Waals surface area (Å²) in [7, 11) is 5.63. The first-order chi connectivity index (χ1) is 10.6. The zero-order valence-electron chi connectivity index (χ0n) is 14.1. The minimum atomic E-state index is 0.0752. The second-order valence-corrected chi connectivity index (χ2v) is 6.04. The van der Waals surface area contributed by atoms with Crippen LogP contribution in [0.5, 0.6) is 0 Å². The maximum absolute atomic E-state index is 11.9. The van der Waals surface area contributed by atoms with E-state index in [1.54, 1.807) is 7.11 Å². The molecule has 0 aliphatic carbocycles. The number of rotatable bonds is 6. The highest BCUT2D eigenvalue weighted by Gasteiger charge is 2.27. The molecule has 22 heavy (non-hydrogen) atoms. The molecule has 1 aliphatic rings. The second kappa shape index (κ2) is 7.69. The average molecular weight is 309 g/mol. The fourth-order valence-corrected chi connectivity index (χ4v) is 3.00. The molecule has 0 bridgehead atoms. The standard InChI is InChI=1S/C15H27N5O2/c1-5-20-13(10-18(2)3)16-17-15(20)12-6-8-19(9-7-12)14(21)11-22-4/h12H,5-11H2,1-4H3. The Balaban J connectivity index is 2.02. The summed E-state index contributed by atoms with van der Waals surface area (Å²) in [4.78, 5) is 15.8. The molecule has 2 rings (SSSR count). The van der Waals surface area contributed by atoms with E-state index in [4.69, 9.17) is 4.74 Å². The van der Waals surface area contributed by atoms with Gasteiger partial charge in [-0.15, -0.1) is 10.2 Å². The zero-order chi connectivity index (χ0) is 16.1. The molecule has 124 valence electrons. The minimum Gasteiger partial charge on any atom is -0.375 e. The highest BCUT2D eigenvalue weighted by Crippen LogP contribution is 2.27. The molecule has 1 amide bonds. The van der Waals surface area contributed by atoms with Gasteiger partial charge in [-0.25, -0.2) is 0 Å². The number of methoxy groups -OCH3 is 1. The lowest BCUT2D eigenvalue weighted by atomic mass is 9.96. The summed E-state index contributed by atoms with van der Waals surface area (Å²) in [6, 6.07) is 0. The van der Waals surface area contributed by atoms with E-state index in [0.717, 1.165) is 50.7 Å². The Morgan fingerprint density at radius 2 is 2.00 bits per heavy atom. The third kappa shape index (κ3) is 3.84. The van der Waals surface area contributed by atoms with Gasteiger partial charge < -0.3 is 19.1 Å². The third-order valence-electron chi connectivity index (χ3n) is 4.11. The van der Waals surface area contributed by atoms with Gasteiger partial charge in [0.2, 0.25) is 5.91 Å². The van der Waals surface area contributed by atoms with Crippen molar-refractivity contribution in [2.24, 2.45) is 0 Å². The first-order valence-electron chi connectivity index (χ1n) is 7.90. The number of hydrogen-bond donors (Lipinski definition) is 0. The Morgan fingerprint density at radius 3 is 2.55 bits per heavy atom. The molecule has 0 aromatic carbocycles. The highest BCUT2D eigenvalue weighted by molar-refractivity contribution is 5.77. The van der Waals surface area contributed by atoms with Gasteiger partial charge in [0.1, 0.15) is 18.3 Å². The van der Waals surface area contributed by atoms with Gasteiger partial charge in [0.05, 0.1) is 6.54 Å². The van der Waals surface area contributed by atoms with E-state index in [1.807, 2.05) is 19.0 Å². The van der Waals surface area contributed by atoms with Crippen molar-refractivity contribution >= 4 is 5.91 Å². The second-order valence-electron chi connectivity index (χ2n) is 6.04. The Labute approximate surface area is 132 Å². The molecule has 0 atom stereocenters. The molecular weight excluding hydrogens is 282 g/mol.